The lowest BCUT2D eigenvalue weighted by atomic mass is 9.98. The van der Waals surface area contributed by atoms with Crippen molar-refractivity contribution in [3.63, 3.8) is 0 Å². The summed E-state index contributed by atoms with van der Waals surface area (Å²) in [6.07, 6.45) is 3.88. The first-order valence-electron chi connectivity index (χ1n) is 6.33. The fraction of sp³-hybridized carbons (Fsp3) is 0.667. The maximum atomic E-state index is 11.6. The number of carbonyl (C=O) groups excluding carboxylic acids is 1. The van der Waals surface area contributed by atoms with E-state index in [9.17, 15) is 4.79 Å². The highest BCUT2D eigenvalue weighted by Crippen LogP contribution is 2.16. The summed E-state index contributed by atoms with van der Waals surface area (Å²) in [5.74, 6) is 0.123. The van der Waals surface area contributed by atoms with Gasteiger partial charge in [-0.05, 0) is 33.6 Å². The smallest absolute Gasteiger partial charge is 0.308 e. The number of ether oxygens (including phenoxy) is 1. The minimum absolute atomic E-state index is 0.00998. The molecule has 0 aliphatic heterocycles. The molecule has 0 bridgehead atoms. The molecule has 0 aromatic rings. The van der Waals surface area contributed by atoms with Gasteiger partial charge in [-0.25, -0.2) is 0 Å². The average molecular weight is 238 g/mol. The van der Waals surface area contributed by atoms with Crippen LogP contribution in [0.4, 0.5) is 0 Å². The Morgan fingerprint density at radius 1 is 1.35 bits per heavy atom. The number of allylic oxidation sites excluding steroid dienone is 2. The van der Waals surface area contributed by atoms with Crippen LogP contribution in [0.3, 0.4) is 0 Å². The lowest BCUT2D eigenvalue weighted by Crippen LogP contribution is -2.19. The van der Waals surface area contributed by atoms with E-state index in [2.05, 4.69) is 26.5 Å². The van der Waals surface area contributed by atoms with E-state index in [-0.39, 0.29) is 17.8 Å². The van der Waals surface area contributed by atoms with Crippen LogP contribution in [0.2, 0.25) is 0 Å². The summed E-state index contributed by atoms with van der Waals surface area (Å²) in [5.41, 5.74) is 2.35. The predicted molar refractivity (Wildman–Crippen MR) is 72.8 cm³/mol. The van der Waals surface area contributed by atoms with Gasteiger partial charge in [-0.15, -0.1) is 0 Å². The third-order valence-corrected chi connectivity index (χ3v) is 2.95. The van der Waals surface area contributed by atoms with Crippen molar-refractivity contribution in [2.45, 2.75) is 47.5 Å². The van der Waals surface area contributed by atoms with Crippen LogP contribution in [0, 0.1) is 11.8 Å². The Morgan fingerprint density at radius 2 is 1.94 bits per heavy atom. The van der Waals surface area contributed by atoms with E-state index >= 15 is 0 Å². The third-order valence-electron chi connectivity index (χ3n) is 2.95. The SMILES string of the molecule is C=C(C)[C@H](CC=C(C)C)COC(=O)[C@@H](C)CC. The van der Waals surface area contributed by atoms with E-state index in [0.717, 1.165) is 18.4 Å². The van der Waals surface area contributed by atoms with Gasteiger partial charge in [0.2, 0.25) is 0 Å². The molecule has 17 heavy (non-hydrogen) atoms. The fourth-order valence-electron chi connectivity index (χ4n) is 1.28. The first-order valence-corrected chi connectivity index (χ1v) is 6.33. The Bertz CT molecular complexity index is 285. The van der Waals surface area contributed by atoms with E-state index in [1.165, 1.54) is 5.57 Å². The van der Waals surface area contributed by atoms with Crippen molar-refractivity contribution in [3.05, 3.63) is 23.8 Å². The van der Waals surface area contributed by atoms with Gasteiger partial charge in [-0.3, -0.25) is 4.79 Å². The third kappa shape index (κ3) is 6.98. The molecule has 0 saturated heterocycles. The highest BCUT2D eigenvalue weighted by molar-refractivity contribution is 5.71. The Morgan fingerprint density at radius 3 is 2.35 bits per heavy atom. The van der Waals surface area contributed by atoms with Crippen molar-refractivity contribution in [1.29, 1.82) is 0 Å². The number of esters is 1. The molecule has 0 aromatic heterocycles. The van der Waals surface area contributed by atoms with Crippen LogP contribution >= 0.6 is 0 Å². The molecule has 2 nitrogen and oxygen atoms in total. The molecular formula is C15H26O2. The second-order valence-corrected chi connectivity index (χ2v) is 5.00. The van der Waals surface area contributed by atoms with E-state index < -0.39 is 0 Å². The summed E-state index contributed by atoms with van der Waals surface area (Å²) < 4.78 is 5.32. The molecule has 2 atom stereocenters. The van der Waals surface area contributed by atoms with E-state index in [1.54, 1.807) is 0 Å². The lowest BCUT2D eigenvalue weighted by molar-refractivity contribution is -0.149. The minimum Gasteiger partial charge on any atom is -0.465 e. The average Bonchev–Trinajstić information content (AvgIpc) is 2.26. The molecule has 0 saturated carbocycles. The first-order chi connectivity index (χ1) is 7.88. The summed E-state index contributed by atoms with van der Waals surface area (Å²) in [5, 5.41) is 0. The number of hydrogen-bond donors (Lipinski definition) is 0. The molecule has 0 spiro atoms. The van der Waals surface area contributed by atoms with Crippen LogP contribution in [0.15, 0.2) is 23.8 Å². The second-order valence-electron chi connectivity index (χ2n) is 5.00. The summed E-state index contributed by atoms with van der Waals surface area (Å²) in [4.78, 5) is 11.6. The van der Waals surface area contributed by atoms with Crippen molar-refractivity contribution >= 4 is 5.97 Å². The molecule has 0 N–H and O–H groups in total. The zero-order chi connectivity index (χ0) is 13.4. The zero-order valence-electron chi connectivity index (χ0n) is 11.9. The lowest BCUT2D eigenvalue weighted by Gasteiger charge is -2.17. The summed E-state index contributed by atoms with van der Waals surface area (Å²) >= 11 is 0. The molecule has 0 unspecified atom stereocenters. The van der Waals surface area contributed by atoms with Gasteiger partial charge in [0.1, 0.15) is 0 Å². The minimum atomic E-state index is -0.101. The van der Waals surface area contributed by atoms with Crippen LogP contribution in [0.5, 0.6) is 0 Å². The number of rotatable bonds is 7. The number of carbonyl (C=O) groups is 1. The van der Waals surface area contributed by atoms with Crippen LogP contribution in [-0.2, 0) is 9.53 Å². The molecule has 2 heteroatoms. The van der Waals surface area contributed by atoms with Crippen molar-refractivity contribution in [3.8, 4) is 0 Å². The molecule has 0 heterocycles. The molecule has 0 radical (unpaired) electrons. The summed E-state index contributed by atoms with van der Waals surface area (Å²) in [6, 6.07) is 0. The molecule has 0 amide bonds. The molecule has 98 valence electrons. The van der Waals surface area contributed by atoms with Gasteiger partial charge >= 0.3 is 5.97 Å². The normalized spacial score (nSPS) is 13.7. The number of hydrogen-bond acceptors (Lipinski definition) is 2. The predicted octanol–water partition coefficient (Wildman–Crippen LogP) is 4.12. The molecule has 0 aliphatic rings. The van der Waals surface area contributed by atoms with Crippen LogP contribution in [0.1, 0.15) is 47.5 Å². The molecule has 0 rings (SSSR count). The van der Waals surface area contributed by atoms with Crippen molar-refractivity contribution in [1.82, 2.24) is 0 Å². The van der Waals surface area contributed by atoms with Crippen molar-refractivity contribution in [2.24, 2.45) is 11.8 Å². The van der Waals surface area contributed by atoms with Crippen molar-refractivity contribution < 1.29 is 9.53 Å². The second kappa shape index (κ2) is 8.10. The summed E-state index contributed by atoms with van der Waals surface area (Å²) in [6.45, 7) is 14.4. The van der Waals surface area contributed by atoms with Crippen LogP contribution < -0.4 is 0 Å². The largest absolute Gasteiger partial charge is 0.465 e. The standard InChI is InChI=1S/C15H26O2/c1-7-13(6)15(16)17-10-14(12(4)5)9-8-11(2)3/h8,13-14H,4,7,9-10H2,1-3,5-6H3/t13-,14+/m0/s1. The zero-order valence-corrected chi connectivity index (χ0v) is 11.9. The van der Waals surface area contributed by atoms with Gasteiger partial charge < -0.3 is 4.74 Å². The van der Waals surface area contributed by atoms with Crippen LogP contribution in [0.25, 0.3) is 0 Å². The Balaban J connectivity index is 4.23. The Labute approximate surface area is 106 Å². The van der Waals surface area contributed by atoms with Gasteiger partial charge in [0.05, 0.1) is 12.5 Å². The quantitative estimate of drug-likeness (QED) is 0.492. The fourth-order valence-corrected chi connectivity index (χ4v) is 1.28. The molecule has 0 aromatic carbocycles. The van der Waals surface area contributed by atoms with E-state index in [1.807, 2.05) is 20.8 Å². The highest BCUT2D eigenvalue weighted by Gasteiger charge is 2.15. The highest BCUT2D eigenvalue weighted by atomic mass is 16.5. The van der Waals surface area contributed by atoms with E-state index in [0.29, 0.717) is 6.61 Å². The van der Waals surface area contributed by atoms with Gasteiger partial charge in [-0.1, -0.05) is 37.6 Å². The summed E-state index contributed by atoms with van der Waals surface area (Å²) in [7, 11) is 0. The van der Waals surface area contributed by atoms with E-state index in [4.69, 9.17) is 4.74 Å². The molecular weight excluding hydrogens is 212 g/mol. The maximum Gasteiger partial charge on any atom is 0.308 e. The topological polar surface area (TPSA) is 26.3 Å². The van der Waals surface area contributed by atoms with Crippen molar-refractivity contribution in [2.75, 3.05) is 6.61 Å². The van der Waals surface area contributed by atoms with Gasteiger partial charge in [0.25, 0.3) is 0 Å². The van der Waals surface area contributed by atoms with Gasteiger partial charge in [0.15, 0.2) is 0 Å². The monoisotopic (exact) mass is 238 g/mol. The van der Waals surface area contributed by atoms with Gasteiger partial charge in [-0.2, -0.15) is 0 Å². The molecule has 0 fully saturated rings. The van der Waals surface area contributed by atoms with Crippen LogP contribution in [-0.4, -0.2) is 12.6 Å². The van der Waals surface area contributed by atoms with Gasteiger partial charge in [0, 0.05) is 5.92 Å². The molecule has 0 aliphatic carbocycles. The Hall–Kier alpha value is -1.05. The maximum absolute atomic E-state index is 11.6. The first kappa shape index (κ1) is 16.0. The Kier molecular flexibility index (Phi) is 7.60.